The Morgan fingerprint density at radius 3 is 3.00 bits per heavy atom. The van der Waals surface area contributed by atoms with Gasteiger partial charge in [0.05, 0.1) is 6.54 Å². The lowest BCUT2D eigenvalue weighted by Crippen LogP contribution is -2.42. The summed E-state index contributed by atoms with van der Waals surface area (Å²) in [5, 5.41) is 4.24. The zero-order chi connectivity index (χ0) is 11.2. The van der Waals surface area contributed by atoms with Crippen molar-refractivity contribution in [2.24, 2.45) is 5.73 Å². The van der Waals surface area contributed by atoms with Crippen LogP contribution in [0.4, 0.5) is 0 Å². The third-order valence-corrected chi connectivity index (χ3v) is 3.42. The maximum absolute atomic E-state index is 5.67. The van der Waals surface area contributed by atoms with Gasteiger partial charge >= 0.3 is 0 Å². The Bertz CT molecular complexity index is 281. The quantitative estimate of drug-likeness (QED) is 0.811. The first-order valence-corrected chi connectivity index (χ1v) is 6.31. The van der Waals surface area contributed by atoms with Gasteiger partial charge < -0.3 is 5.73 Å². The fraction of sp³-hybridized carbons (Fsp3) is 0.750. The van der Waals surface area contributed by atoms with E-state index in [9.17, 15) is 0 Å². The third-order valence-electron chi connectivity index (χ3n) is 3.42. The molecule has 16 heavy (non-hydrogen) atoms. The van der Waals surface area contributed by atoms with Crippen molar-refractivity contribution in [1.29, 1.82) is 0 Å². The molecule has 1 atom stereocenters. The second-order valence-electron chi connectivity index (χ2n) is 4.53. The van der Waals surface area contributed by atoms with E-state index in [0.29, 0.717) is 6.04 Å². The highest BCUT2D eigenvalue weighted by atomic mass is 15.3. The lowest BCUT2D eigenvalue weighted by Gasteiger charge is -2.35. The first-order valence-electron chi connectivity index (χ1n) is 6.31. The van der Waals surface area contributed by atoms with Gasteiger partial charge in [0.2, 0.25) is 0 Å². The summed E-state index contributed by atoms with van der Waals surface area (Å²) in [4.78, 5) is 2.58. The summed E-state index contributed by atoms with van der Waals surface area (Å²) in [5.74, 6) is 0. The molecule has 1 aliphatic rings. The van der Waals surface area contributed by atoms with E-state index in [0.717, 1.165) is 26.1 Å². The molecular weight excluding hydrogens is 200 g/mol. The Morgan fingerprint density at radius 2 is 2.25 bits per heavy atom. The topological polar surface area (TPSA) is 47.1 Å². The maximum atomic E-state index is 5.67. The Hall–Kier alpha value is -0.870. The monoisotopic (exact) mass is 222 g/mol. The van der Waals surface area contributed by atoms with E-state index in [1.165, 1.54) is 25.8 Å². The van der Waals surface area contributed by atoms with E-state index in [2.05, 4.69) is 10.00 Å². The van der Waals surface area contributed by atoms with Crippen LogP contribution >= 0.6 is 0 Å². The minimum Gasteiger partial charge on any atom is -0.330 e. The van der Waals surface area contributed by atoms with Gasteiger partial charge in [0, 0.05) is 25.0 Å². The first-order chi connectivity index (χ1) is 7.90. The molecule has 90 valence electrons. The number of piperidine rings is 1. The standard InChI is InChI=1S/C12H22N4/c13-6-5-12-4-1-2-8-15(12)10-11-16-9-3-7-14-16/h3,7,9,12H,1-2,4-6,8,10-11,13H2. The summed E-state index contributed by atoms with van der Waals surface area (Å²) in [7, 11) is 0. The molecule has 0 amide bonds. The fourth-order valence-corrected chi connectivity index (χ4v) is 2.54. The Balaban J connectivity index is 1.81. The molecule has 2 rings (SSSR count). The van der Waals surface area contributed by atoms with E-state index < -0.39 is 0 Å². The molecule has 1 fully saturated rings. The molecule has 1 unspecified atom stereocenters. The number of hydrogen-bond donors (Lipinski definition) is 1. The van der Waals surface area contributed by atoms with Crippen LogP contribution in [0.15, 0.2) is 18.5 Å². The van der Waals surface area contributed by atoms with Gasteiger partial charge in [-0.1, -0.05) is 6.42 Å². The molecule has 4 nitrogen and oxygen atoms in total. The van der Waals surface area contributed by atoms with E-state index in [1.54, 1.807) is 0 Å². The molecule has 0 bridgehead atoms. The van der Waals surface area contributed by atoms with E-state index in [4.69, 9.17) is 5.73 Å². The maximum Gasteiger partial charge on any atom is 0.0536 e. The molecule has 2 N–H and O–H groups in total. The van der Waals surface area contributed by atoms with Crippen LogP contribution in [-0.4, -0.2) is 40.4 Å². The van der Waals surface area contributed by atoms with Gasteiger partial charge in [-0.05, 0) is 38.4 Å². The van der Waals surface area contributed by atoms with Crippen molar-refractivity contribution >= 4 is 0 Å². The second kappa shape index (κ2) is 6.01. The summed E-state index contributed by atoms with van der Waals surface area (Å²) in [6.07, 6.45) is 9.02. The molecule has 1 aromatic rings. The largest absolute Gasteiger partial charge is 0.330 e. The molecule has 1 aromatic heterocycles. The summed E-state index contributed by atoms with van der Waals surface area (Å²) < 4.78 is 2.01. The van der Waals surface area contributed by atoms with Crippen LogP contribution in [-0.2, 0) is 6.54 Å². The van der Waals surface area contributed by atoms with Crippen LogP contribution in [0.1, 0.15) is 25.7 Å². The average Bonchev–Trinajstić information content (AvgIpc) is 2.81. The molecule has 0 spiro atoms. The van der Waals surface area contributed by atoms with Crippen LogP contribution in [0.2, 0.25) is 0 Å². The van der Waals surface area contributed by atoms with Gasteiger partial charge in [0.25, 0.3) is 0 Å². The van der Waals surface area contributed by atoms with E-state index in [1.807, 2.05) is 23.1 Å². The molecule has 0 saturated carbocycles. The van der Waals surface area contributed by atoms with Gasteiger partial charge in [0.1, 0.15) is 0 Å². The Morgan fingerprint density at radius 1 is 1.31 bits per heavy atom. The van der Waals surface area contributed by atoms with E-state index >= 15 is 0 Å². The summed E-state index contributed by atoms with van der Waals surface area (Å²) in [6, 6.07) is 2.68. The summed E-state index contributed by atoms with van der Waals surface area (Å²) >= 11 is 0. The average molecular weight is 222 g/mol. The SMILES string of the molecule is NCCC1CCCCN1CCn1cccn1. The van der Waals surface area contributed by atoms with Crippen molar-refractivity contribution in [3.05, 3.63) is 18.5 Å². The van der Waals surface area contributed by atoms with E-state index in [-0.39, 0.29) is 0 Å². The van der Waals surface area contributed by atoms with Crippen LogP contribution in [0, 0.1) is 0 Å². The molecule has 0 radical (unpaired) electrons. The first kappa shape index (κ1) is 11.6. The van der Waals surface area contributed by atoms with Crippen molar-refractivity contribution in [3.8, 4) is 0 Å². The highest BCUT2D eigenvalue weighted by Gasteiger charge is 2.20. The van der Waals surface area contributed by atoms with Crippen molar-refractivity contribution in [2.45, 2.75) is 38.3 Å². The summed E-state index contributed by atoms with van der Waals surface area (Å²) in [6.45, 7) is 4.13. The van der Waals surface area contributed by atoms with Crippen LogP contribution in [0.3, 0.4) is 0 Å². The number of rotatable bonds is 5. The van der Waals surface area contributed by atoms with Gasteiger partial charge in [-0.25, -0.2) is 0 Å². The van der Waals surface area contributed by atoms with Gasteiger partial charge in [-0.3, -0.25) is 9.58 Å². The van der Waals surface area contributed by atoms with Gasteiger partial charge in [-0.2, -0.15) is 5.10 Å². The predicted molar refractivity (Wildman–Crippen MR) is 65.1 cm³/mol. The van der Waals surface area contributed by atoms with Crippen LogP contribution < -0.4 is 5.73 Å². The van der Waals surface area contributed by atoms with Crippen molar-refractivity contribution in [1.82, 2.24) is 14.7 Å². The zero-order valence-electron chi connectivity index (χ0n) is 9.89. The number of nitrogens with two attached hydrogens (primary N) is 1. The van der Waals surface area contributed by atoms with Crippen molar-refractivity contribution < 1.29 is 0 Å². The molecule has 2 heterocycles. The number of hydrogen-bond acceptors (Lipinski definition) is 3. The zero-order valence-corrected chi connectivity index (χ0v) is 9.89. The minimum absolute atomic E-state index is 0.703. The highest BCUT2D eigenvalue weighted by molar-refractivity contribution is 4.80. The molecule has 0 aromatic carbocycles. The van der Waals surface area contributed by atoms with Crippen LogP contribution in [0.5, 0.6) is 0 Å². The molecule has 4 heteroatoms. The molecule has 1 saturated heterocycles. The highest BCUT2D eigenvalue weighted by Crippen LogP contribution is 2.18. The third kappa shape index (κ3) is 3.06. The molecule has 1 aliphatic heterocycles. The predicted octanol–water partition coefficient (Wildman–Crippen LogP) is 1.09. The summed E-state index contributed by atoms with van der Waals surface area (Å²) in [5.41, 5.74) is 5.67. The second-order valence-corrected chi connectivity index (χ2v) is 4.53. The minimum atomic E-state index is 0.703. The number of aromatic nitrogens is 2. The lowest BCUT2D eigenvalue weighted by molar-refractivity contribution is 0.135. The van der Waals surface area contributed by atoms with Crippen molar-refractivity contribution in [2.75, 3.05) is 19.6 Å². The normalized spacial score (nSPS) is 22.4. The van der Waals surface area contributed by atoms with Gasteiger partial charge in [0.15, 0.2) is 0 Å². The fourth-order valence-electron chi connectivity index (χ4n) is 2.54. The number of nitrogens with zero attached hydrogens (tertiary/aromatic N) is 3. The smallest absolute Gasteiger partial charge is 0.0536 e. The Labute approximate surface area is 97.4 Å². The lowest BCUT2D eigenvalue weighted by atomic mass is 9.99. The van der Waals surface area contributed by atoms with Crippen molar-refractivity contribution in [3.63, 3.8) is 0 Å². The van der Waals surface area contributed by atoms with Crippen LogP contribution in [0.25, 0.3) is 0 Å². The molecular formula is C12H22N4. The molecule has 0 aliphatic carbocycles. The Kier molecular flexibility index (Phi) is 4.36. The number of likely N-dealkylation sites (tertiary alicyclic amines) is 1. The van der Waals surface area contributed by atoms with Gasteiger partial charge in [-0.15, -0.1) is 0 Å².